The van der Waals surface area contributed by atoms with E-state index < -0.39 is 0 Å². The fraction of sp³-hybridized carbons (Fsp3) is 0.625. The van der Waals surface area contributed by atoms with Crippen LogP contribution >= 0.6 is 11.6 Å². The van der Waals surface area contributed by atoms with Gasteiger partial charge < -0.3 is 5.73 Å². The number of nitrogens with zero attached hydrogens (tertiary/aromatic N) is 1. The number of nitrogens with two attached hydrogens (primary N) is 1. The number of hydrogen-bond donors (Lipinski definition) is 1. The average Bonchev–Trinajstić information content (AvgIpc) is 2.41. The largest absolute Gasteiger partial charge is 0.329 e. The number of rotatable bonds is 9. The lowest BCUT2D eigenvalue weighted by Crippen LogP contribution is -2.37. The van der Waals surface area contributed by atoms with Crippen LogP contribution in [0.2, 0.25) is 5.02 Å². The van der Waals surface area contributed by atoms with Gasteiger partial charge >= 0.3 is 0 Å². The van der Waals surface area contributed by atoms with Crippen LogP contribution in [-0.4, -0.2) is 24.5 Å². The normalized spacial score (nSPS) is 12.9. The van der Waals surface area contributed by atoms with Gasteiger partial charge in [-0.15, -0.1) is 0 Å². The van der Waals surface area contributed by atoms with E-state index in [-0.39, 0.29) is 0 Å². The first kappa shape index (κ1) is 16.5. The standard InChI is InChI=1S/C16H27ClN2/c1-3-4-5-6-10-15(12-18)19(2)13-14-9-7-8-11-16(14)17/h7-9,11,15H,3-6,10,12-13,18H2,1-2H3. The van der Waals surface area contributed by atoms with Gasteiger partial charge in [-0.25, -0.2) is 0 Å². The van der Waals surface area contributed by atoms with E-state index in [1.54, 1.807) is 0 Å². The predicted octanol–water partition coefficient (Wildman–Crippen LogP) is 4.07. The number of unbranched alkanes of at least 4 members (excludes halogenated alkanes) is 3. The second kappa shape index (κ2) is 9.35. The highest BCUT2D eigenvalue weighted by molar-refractivity contribution is 6.31. The third-order valence-electron chi connectivity index (χ3n) is 3.66. The Bertz CT molecular complexity index is 354. The van der Waals surface area contributed by atoms with Crippen molar-refractivity contribution in [2.75, 3.05) is 13.6 Å². The van der Waals surface area contributed by atoms with Crippen LogP contribution in [0.15, 0.2) is 24.3 Å². The molecule has 1 aromatic rings. The number of hydrogen-bond acceptors (Lipinski definition) is 2. The van der Waals surface area contributed by atoms with Crippen molar-refractivity contribution >= 4 is 11.6 Å². The Morgan fingerprint density at radius 1 is 1.21 bits per heavy atom. The summed E-state index contributed by atoms with van der Waals surface area (Å²) in [5.74, 6) is 0. The van der Waals surface area contributed by atoms with Gasteiger partial charge in [-0.1, -0.05) is 62.4 Å². The van der Waals surface area contributed by atoms with Crippen LogP contribution in [0.1, 0.15) is 44.6 Å². The zero-order valence-electron chi connectivity index (χ0n) is 12.2. The lowest BCUT2D eigenvalue weighted by atomic mass is 10.1. The van der Waals surface area contributed by atoms with Gasteiger partial charge in [-0.05, 0) is 25.1 Å². The summed E-state index contributed by atoms with van der Waals surface area (Å²) in [6.45, 7) is 3.83. The molecule has 0 spiro atoms. The van der Waals surface area contributed by atoms with E-state index in [1.807, 2.05) is 18.2 Å². The first-order valence-electron chi connectivity index (χ1n) is 7.32. The third-order valence-corrected chi connectivity index (χ3v) is 4.03. The van der Waals surface area contributed by atoms with Crippen molar-refractivity contribution in [3.05, 3.63) is 34.9 Å². The van der Waals surface area contributed by atoms with Crippen LogP contribution < -0.4 is 5.73 Å². The molecule has 0 amide bonds. The van der Waals surface area contributed by atoms with Crippen LogP contribution in [0.4, 0.5) is 0 Å². The Kier molecular flexibility index (Phi) is 8.11. The van der Waals surface area contributed by atoms with Crippen molar-refractivity contribution in [1.29, 1.82) is 0 Å². The summed E-state index contributed by atoms with van der Waals surface area (Å²) in [5.41, 5.74) is 7.08. The Balaban J connectivity index is 2.45. The monoisotopic (exact) mass is 282 g/mol. The SMILES string of the molecule is CCCCCCC(CN)N(C)Cc1ccccc1Cl. The van der Waals surface area contributed by atoms with Crippen LogP contribution in [0.25, 0.3) is 0 Å². The molecule has 0 heterocycles. The molecule has 19 heavy (non-hydrogen) atoms. The minimum absolute atomic E-state index is 0.452. The Morgan fingerprint density at radius 3 is 2.58 bits per heavy atom. The number of likely N-dealkylation sites (N-methyl/N-ethyl adjacent to an activating group) is 1. The molecule has 3 heteroatoms. The first-order valence-corrected chi connectivity index (χ1v) is 7.70. The van der Waals surface area contributed by atoms with E-state index in [0.29, 0.717) is 12.6 Å². The zero-order chi connectivity index (χ0) is 14.1. The highest BCUT2D eigenvalue weighted by Gasteiger charge is 2.13. The molecule has 0 bridgehead atoms. The van der Waals surface area contributed by atoms with Gasteiger partial charge in [0, 0.05) is 24.2 Å². The molecule has 2 N–H and O–H groups in total. The van der Waals surface area contributed by atoms with Crippen molar-refractivity contribution in [3.8, 4) is 0 Å². The van der Waals surface area contributed by atoms with Gasteiger partial charge in [0.2, 0.25) is 0 Å². The van der Waals surface area contributed by atoms with Crippen LogP contribution in [0.5, 0.6) is 0 Å². The summed E-state index contributed by atoms with van der Waals surface area (Å²) in [5, 5.41) is 0.844. The molecular weight excluding hydrogens is 256 g/mol. The van der Waals surface area contributed by atoms with Gasteiger partial charge in [0.25, 0.3) is 0 Å². The maximum absolute atomic E-state index is 6.20. The first-order chi connectivity index (χ1) is 9.19. The van der Waals surface area contributed by atoms with Gasteiger partial charge in [0.15, 0.2) is 0 Å². The fourth-order valence-corrected chi connectivity index (χ4v) is 2.54. The summed E-state index contributed by atoms with van der Waals surface area (Å²) in [7, 11) is 2.14. The third kappa shape index (κ3) is 5.94. The highest BCUT2D eigenvalue weighted by Crippen LogP contribution is 2.18. The minimum atomic E-state index is 0.452. The molecule has 108 valence electrons. The maximum atomic E-state index is 6.20. The molecule has 0 radical (unpaired) electrons. The predicted molar refractivity (Wildman–Crippen MR) is 84.5 cm³/mol. The molecule has 0 fully saturated rings. The molecule has 1 rings (SSSR count). The zero-order valence-corrected chi connectivity index (χ0v) is 13.0. The van der Waals surface area contributed by atoms with Crippen molar-refractivity contribution < 1.29 is 0 Å². The van der Waals surface area contributed by atoms with E-state index in [9.17, 15) is 0 Å². The van der Waals surface area contributed by atoms with E-state index in [0.717, 1.165) is 11.6 Å². The van der Waals surface area contributed by atoms with Crippen LogP contribution in [0.3, 0.4) is 0 Å². The Morgan fingerprint density at radius 2 is 1.95 bits per heavy atom. The number of benzene rings is 1. The topological polar surface area (TPSA) is 29.3 Å². The van der Waals surface area contributed by atoms with E-state index in [4.69, 9.17) is 17.3 Å². The maximum Gasteiger partial charge on any atom is 0.0451 e. The van der Waals surface area contributed by atoms with Gasteiger partial charge in [-0.2, -0.15) is 0 Å². The summed E-state index contributed by atoms with van der Waals surface area (Å²) < 4.78 is 0. The summed E-state index contributed by atoms with van der Waals surface area (Å²) in [6.07, 6.45) is 6.36. The van der Waals surface area contributed by atoms with E-state index in [2.05, 4.69) is 24.9 Å². The molecule has 0 saturated heterocycles. The quantitative estimate of drug-likeness (QED) is 0.692. The second-order valence-electron chi connectivity index (χ2n) is 5.25. The molecule has 1 aromatic carbocycles. The van der Waals surface area contributed by atoms with Crippen LogP contribution in [0, 0.1) is 0 Å². The van der Waals surface area contributed by atoms with Crippen molar-refractivity contribution in [3.63, 3.8) is 0 Å². The molecular formula is C16H27ClN2. The average molecular weight is 283 g/mol. The Hall–Kier alpha value is -0.570. The number of halogens is 1. The second-order valence-corrected chi connectivity index (χ2v) is 5.65. The van der Waals surface area contributed by atoms with Gasteiger partial charge in [0.1, 0.15) is 0 Å². The summed E-state index contributed by atoms with van der Waals surface area (Å²) in [4.78, 5) is 2.33. The molecule has 0 aliphatic carbocycles. The lowest BCUT2D eigenvalue weighted by Gasteiger charge is -2.27. The minimum Gasteiger partial charge on any atom is -0.329 e. The smallest absolute Gasteiger partial charge is 0.0451 e. The summed E-state index contributed by atoms with van der Waals surface area (Å²) in [6, 6.07) is 8.49. The molecule has 0 aliphatic heterocycles. The molecule has 2 nitrogen and oxygen atoms in total. The highest BCUT2D eigenvalue weighted by atomic mass is 35.5. The lowest BCUT2D eigenvalue weighted by molar-refractivity contribution is 0.222. The van der Waals surface area contributed by atoms with E-state index >= 15 is 0 Å². The molecule has 0 saturated carbocycles. The van der Waals surface area contributed by atoms with Crippen molar-refractivity contribution in [1.82, 2.24) is 4.90 Å². The van der Waals surface area contributed by atoms with Gasteiger partial charge in [0.05, 0.1) is 0 Å². The van der Waals surface area contributed by atoms with Gasteiger partial charge in [-0.3, -0.25) is 4.90 Å². The molecule has 1 atom stereocenters. The van der Waals surface area contributed by atoms with E-state index in [1.165, 1.54) is 37.7 Å². The summed E-state index contributed by atoms with van der Waals surface area (Å²) >= 11 is 6.20. The molecule has 1 unspecified atom stereocenters. The Labute approximate surface area is 122 Å². The van der Waals surface area contributed by atoms with Crippen LogP contribution in [-0.2, 0) is 6.54 Å². The molecule has 0 aromatic heterocycles. The molecule has 0 aliphatic rings. The fourth-order valence-electron chi connectivity index (χ4n) is 2.35. The van der Waals surface area contributed by atoms with Crippen molar-refractivity contribution in [2.24, 2.45) is 5.73 Å². The van der Waals surface area contributed by atoms with Crippen molar-refractivity contribution in [2.45, 2.75) is 51.6 Å².